The van der Waals surface area contributed by atoms with Crippen molar-refractivity contribution in [3.05, 3.63) is 76.6 Å². The second kappa shape index (κ2) is 6.67. The molecule has 0 amide bonds. The molecule has 4 nitrogen and oxygen atoms in total. The Bertz CT molecular complexity index is 820. The highest BCUT2D eigenvalue weighted by atomic mass is 35.5. The lowest BCUT2D eigenvalue weighted by molar-refractivity contribution is 0.863. The third kappa shape index (κ3) is 3.43. The fourth-order valence-corrected chi connectivity index (χ4v) is 2.52. The van der Waals surface area contributed by atoms with Crippen LogP contribution >= 0.6 is 11.6 Å². The first-order valence-corrected chi connectivity index (χ1v) is 7.69. The predicted octanol–water partition coefficient (Wildman–Crippen LogP) is 4.59. The van der Waals surface area contributed by atoms with Gasteiger partial charge in [0.2, 0.25) is 0 Å². The molecule has 0 unspecified atom stereocenters. The molecule has 3 rings (SSSR count). The fourth-order valence-electron chi connectivity index (χ4n) is 2.20. The van der Waals surface area contributed by atoms with Crippen molar-refractivity contribution in [3.63, 3.8) is 0 Å². The summed E-state index contributed by atoms with van der Waals surface area (Å²) in [5.74, 6) is 0. The average molecular weight is 325 g/mol. The topological polar surface area (TPSA) is 42.2 Å². The van der Waals surface area contributed by atoms with Gasteiger partial charge in [0.1, 0.15) is 5.15 Å². The summed E-state index contributed by atoms with van der Waals surface area (Å²) >= 11 is 6.47. The first-order valence-electron chi connectivity index (χ1n) is 7.31. The van der Waals surface area contributed by atoms with Crippen molar-refractivity contribution in [2.45, 2.75) is 13.8 Å². The number of anilines is 1. The average Bonchev–Trinajstić information content (AvgIpc) is 2.85. The molecule has 0 spiro atoms. The highest BCUT2D eigenvalue weighted by Gasteiger charge is 2.12. The van der Waals surface area contributed by atoms with Crippen molar-refractivity contribution in [2.75, 3.05) is 5.43 Å². The number of rotatable bonds is 4. The normalized spacial score (nSPS) is 11.1. The number of aromatic nitrogens is 2. The summed E-state index contributed by atoms with van der Waals surface area (Å²) < 4.78 is 1.72. The van der Waals surface area contributed by atoms with Crippen molar-refractivity contribution in [2.24, 2.45) is 5.10 Å². The van der Waals surface area contributed by atoms with Crippen LogP contribution in [0.15, 0.2) is 59.7 Å². The third-order valence-corrected chi connectivity index (χ3v) is 3.85. The molecule has 1 aromatic heterocycles. The second-order valence-electron chi connectivity index (χ2n) is 5.27. The van der Waals surface area contributed by atoms with E-state index in [1.165, 1.54) is 5.56 Å². The van der Waals surface area contributed by atoms with Gasteiger partial charge in [-0.1, -0.05) is 47.5 Å². The van der Waals surface area contributed by atoms with E-state index in [2.05, 4.69) is 15.6 Å². The van der Waals surface area contributed by atoms with Crippen LogP contribution in [0.2, 0.25) is 5.15 Å². The Balaban J connectivity index is 1.84. The molecular formula is C18H17ClN4. The molecule has 23 heavy (non-hydrogen) atoms. The Morgan fingerprint density at radius 1 is 1.04 bits per heavy atom. The highest BCUT2D eigenvalue weighted by Crippen LogP contribution is 2.22. The van der Waals surface area contributed by atoms with E-state index < -0.39 is 0 Å². The Morgan fingerprint density at radius 3 is 2.43 bits per heavy atom. The number of halogens is 1. The largest absolute Gasteiger partial charge is 0.279 e. The van der Waals surface area contributed by atoms with Gasteiger partial charge in [-0.2, -0.15) is 10.2 Å². The van der Waals surface area contributed by atoms with Gasteiger partial charge in [-0.15, -0.1) is 0 Å². The molecule has 0 bridgehead atoms. The van der Waals surface area contributed by atoms with Gasteiger partial charge >= 0.3 is 0 Å². The molecule has 1 heterocycles. The first-order chi connectivity index (χ1) is 11.1. The summed E-state index contributed by atoms with van der Waals surface area (Å²) in [6.45, 7) is 3.97. The van der Waals surface area contributed by atoms with E-state index in [4.69, 9.17) is 11.6 Å². The number of hydrogen-bond acceptors (Lipinski definition) is 3. The van der Waals surface area contributed by atoms with Crippen LogP contribution in [0, 0.1) is 13.8 Å². The van der Waals surface area contributed by atoms with Crippen LogP contribution in [-0.2, 0) is 0 Å². The quantitative estimate of drug-likeness (QED) is 0.563. The zero-order chi connectivity index (χ0) is 16.2. The maximum Gasteiger partial charge on any atom is 0.142 e. The Kier molecular flexibility index (Phi) is 4.44. The number of benzene rings is 2. The summed E-state index contributed by atoms with van der Waals surface area (Å²) in [5, 5.41) is 9.29. The predicted molar refractivity (Wildman–Crippen MR) is 95.7 cm³/mol. The molecular weight excluding hydrogens is 308 g/mol. The molecule has 0 saturated carbocycles. The first kappa shape index (κ1) is 15.3. The molecule has 0 aliphatic heterocycles. The van der Waals surface area contributed by atoms with E-state index in [-0.39, 0.29) is 0 Å². The van der Waals surface area contributed by atoms with Crippen LogP contribution in [0.5, 0.6) is 0 Å². The number of hydrogen-bond donors (Lipinski definition) is 1. The third-order valence-electron chi connectivity index (χ3n) is 3.49. The van der Waals surface area contributed by atoms with Gasteiger partial charge in [-0.3, -0.25) is 5.43 Å². The number of para-hydroxylation sites is 1. The molecule has 0 aliphatic rings. The van der Waals surface area contributed by atoms with Crippen molar-refractivity contribution in [3.8, 4) is 5.69 Å². The van der Waals surface area contributed by atoms with E-state index in [1.807, 2.05) is 68.4 Å². The smallest absolute Gasteiger partial charge is 0.142 e. The van der Waals surface area contributed by atoms with E-state index in [9.17, 15) is 0 Å². The summed E-state index contributed by atoms with van der Waals surface area (Å²) in [7, 11) is 0. The molecule has 1 N–H and O–H groups in total. The minimum absolute atomic E-state index is 0.546. The van der Waals surface area contributed by atoms with Gasteiger partial charge in [0.25, 0.3) is 0 Å². The second-order valence-corrected chi connectivity index (χ2v) is 5.63. The Morgan fingerprint density at radius 2 is 1.74 bits per heavy atom. The molecule has 116 valence electrons. The number of hydrazone groups is 1. The summed E-state index contributed by atoms with van der Waals surface area (Å²) in [5.41, 5.74) is 7.65. The van der Waals surface area contributed by atoms with Crippen molar-refractivity contribution >= 4 is 23.5 Å². The van der Waals surface area contributed by atoms with Gasteiger partial charge in [-0.05, 0) is 38.1 Å². The van der Waals surface area contributed by atoms with Gasteiger partial charge in [0, 0.05) is 0 Å². The van der Waals surface area contributed by atoms with Gasteiger partial charge in [-0.25, -0.2) is 4.68 Å². The van der Waals surface area contributed by atoms with Crippen LogP contribution in [0.4, 0.5) is 5.69 Å². The molecule has 3 aromatic rings. The lowest BCUT2D eigenvalue weighted by atomic mass is 10.2. The lowest BCUT2D eigenvalue weighted by Gasteiger charge is -2.03. The Hall–Kier alpha value is -2.59. The van der Waals surface area contributed by atoms with Gasteiger partial charge < -0.3 is 0 Å². The Labute approximate surface area is 140 Å². The maximum atomic E-state index is 6.47. The van der Waals surface area contributed by atoms with Crippen LogP contribution in [-0.4, -0.2) is 16.0 Å². The van der Waals surface area contributed by atoms with Crippen LogP contribution in [0.1, 0.15) is 16.8 Å². The maximum absolute atomic E-state index is 6.47. The van der Waals surface area contributed by atoms with E-state index in [0.29, 0.717) is 5.15 Å². The SMILES string of the molecule is Cc1ccc(-n2nc(C)c(/C=N/Nc3ccccc3)c2Cl)cc1. The highest BCUT2D eigenvalue weighted by molar-refractivity contribution is 6.32. The van der Waals surface area contributed by atoms with Gasteiger partial charge in [0.15, 0.2) is 0 Å². The van der Waals surface area contributed by atoms with Crippen LogP contribution in [0.3, 0.4) is 0 Å². The zero-order valence-corrected chi connectivity index (χ0v) is 13.7. The molecule has 0 aliphatic carbocycles. The van der Waals surface area contributed by atoms with Crippen molar-refractivity contribution in [1.29, 1.82) is 0 Å². The monoisotopic (exact) mass is 324 g/mol. The molecule has 0 saturated heterocycles. The van der Waals surface area contributed by atoms with E-state index in [0.717, 1.165) is 22.6 Å². The minimum atomic E-state index is 0.546. The summed E-state index contributed by atoms with van der Waals surface area (Å²) in [6.07, 6.45) is 1.70. The van der Waals surface area contributed by atoms with Crippen LogP contribution in [0.25, 0.3) is 5.69 Å². The zero-order valence-electron chi connectivity index (χ0n) is 13.0. The number of nitrogens with zero attached hydrogens (tertiary/aromatic N) is 3. The molecule has 2 aromatic carbocycles. The van der Waals surface area contributed by atoms with Crippen molar-refractivity contribution < 1.29 is 0 Å². The van der Waals surface area contributed by atoms with Crippen molar-refractivity contribution in [1.82, 2.24) is 9.78 Å². The van der Waals surface area contributed by atoms with Gasteiger partial charge in [0.05, 0.1) is 28.8 Å². The summed E-state index contributed by atoms with van der Waals surface area (Å²) in [6, 6.07) is 17.8. The standard InChI is InChI=1S/C18H17ClN4/c1-13-8-10-16(11-9-13)23-18(19)17(14(2)22-23)12-20-21-15-6-4-3-5-7-15/h3-12,21H,1-2H3/b20-12+. The number of aryl methyl sites for hydroxylation is 2. The lowest BCUT2D eigenvalue weighted by Crippen LogP contribution is -1.96. The summed E-state index contributed by atoms with van der Waals surface area (Å²) in [4.78, 5) is 0. The number of nitrogens with one attached hydrogen (secondary N) is 1. The molecule has 0 atom stereocenters. The fraction of sp³-hybridized carbons (Fsp3) is 0.111. The minimum Gasteiger partial charge on any atom is -0.279 e. The molecule has 0 fully saturated rings. The van der Waals surface area contributed by atoms with E-state index >= 15 is 0 Å². The molecule has 5 heteroatoms. The molecule has 0 radical (unpaired) electrons. The van der Waals surface area contributed by atoms with Crippen LogP contribution < -0.4 is 5.43 Å². The van der Waals surface area contributed by atoms with E-state index in [1.54, 1.807) is 10.9 Å².